The summed E-state index contributed by atoms with van der Waals surface area (Å²) in [5.74, 6) is 0.267. The van der Waals surface area contributed by atoms with Crippen LogP contribution in [-0.4, -0.2) is 24.8 Å². The zero-order valence-electron chi connectivity index (χ0n) is 9.45. The lowest BCUT2D eigenvalue weighted by Gasteiger charge is -2.10. The van der Waals surface area contributed by atoms with Gasteiger partial charge < -0.3 is 10.1 Å². The number of nitro benzene ring substituents is 1. The smallest absolute Gasteiger partial charge is 0.390 e. The number of benzene rings is 1. The van der Waals surface area contributed by atoms with E-state index in [9.17, 15) is 23.3 Å². The molecule has 18 heavy (non-hydrogen) atoms. The molecule has 0 heterocycles. The zero-order chi connectivity index (χ0) is 13.8. The van der Waals surface area contributed by atoms with Crippen molar-refractivity contribution in [2.75, 3.05) is 19.0 Å². The summed E-state index contributed by atoms with van der Waals surface area (Å²) in [4.78, 5) is 10.1. The van der Waals surface area contributed by atoms with Crippen molar-refractivity contribution >= 4 is 11.4 Å². The molecule has 0 saturated carbocycles. The van der Waals surface area contributed by atoms with Crippen molar-refractivity contribution in [2.45, 2.75) is 12.6 Å². The number of halogens is 3. The Balaban J connectivity index is 2.79. The van der Waals surface area contributed by atoms with Crippen LogP contribution >= 0.6 is 0 Å². The van der Waals surface area contributed by atoms with Gasteiger partial charge in [0.05, 0.1) is 24.5 Å². The number of ether oxygens (including phenoxy) is 1. The van der Waals surface area contributed by atoms with Gasteiger partial charge in [-0.1, -0.05) is 0 Å². The highest BCUT2D eigenvalue weighted by atomic mass is 19.4. The highest BCUT2D eigenvalue weighted by Crippen LogP contribution is 2.29. The van der Waals surface area contributed by atoms with Crippen LogP contribution in [0.25, 0.3) is 0 Å². The van der Waals surface area contributed by atoms with E-state index < -0.39 is 24.1 Å². The minimum absolute atomic E-state index is 0.0325. The van der Waals surface area contributed by atoms with E-state index in [1.807, 2.05) is 0 Å². The lowest BCUT2D eigenvalue weighted by atomic mass is 10.2. The summed E-state index contributed by atoms with van der Waals surface area (Å²) in [6, 6.07) is 3.90. The third kappa shape index (κ3) is 4.11. The van der Waals surface area contributed by atoms with Gasteiger partial charge in [-0.25, -0.2) is 0 Å². The van der Waals surface area contributed by atoms with Crippen LogP contribution in [0.2, 0.25) is 0 Å². The first-order valence-corrected chi connectivity index (χ1v) is 4.96. The molecule has 1 N–H and O–H groups in total. The van der Waals surface area contributed by atoms with E-state index in [0.29, 0.717) is 0 Å². The lowest BCUT2D eigenvalue weighted by Crippen LogP contribution is -2.15. The third-order valence-corrected chi connectivity index (χ3v) is 2.13. The first-order valence-electron chi connectivity index (χ1n) is 4.96. The van der Waals surface area contributed by atoms with E-state index >= 15 is 0 Å². The second kappa shape index (κ2) is 5.56. The molecule has 1 rings (SSSR count). The molecule has 100 valence electrons. The molecule has 1 aromatic rings. The normalized spacial score (nSPS) is 11.1. The van der Waals surface area contributed by atoms with E-state index in [2.05, 4.69) is 5.32 Å². The molecule has 5 nitrogen and oxygen atoms in total. The number of rotatable bonds is 5. The predicted octanol–water partition coefficient (Wildman–Crippen LogP) is 2.97. The van der Waals surface area contributed by atoms with E-state index in [-0.39, 0.29) is 17.1 Å². The molecule has 0 spiro atoms. The second-order valence-electron chi connectivity index (χ2n) is 3.43. The Morgan fingerprint density at radius 1 is 1.44 bits per heavy atom. The number of methoxy groups -OCH3 is 1. The standard InChI is InChI=1S/C10H11F3N2O3/c1-18-7-2-3-8(9(6-7)15(16)17)14-5-4-10(11,12)13/h2-3,6,14H,4-5H2,1H3. The van der Waals surface area contributed by atoms with E-state index in [0.717, 1.165) is 6.07 Å². The molecule has 0 bridgehead atoms. The summed E-state index contributed by atoms with van der Waals surface area (Å²) < 4.78 is 40.6. The minimum Gasteiger partial charge on any atom is -0.496 e. The Morgan fingerprint density at radius 3 is 2.61 bits per heavy atom. The number of anilines is 1. The molecule has 0 aromatic heterocycles. The van der Waals surface area contributed by atoms with Crippen LogP contribution in [-0.2, 0) is 0 Å². The van der Waals surface area contributed by atoms with Crippen LogP contribution in [0, 0.1) is 10.1 Å². The van der Waals surface area contributed by atoms with Crippen molar-refractivity contribution in [3.63, 3.8) is 0 Å². The molecule has 0 radical (unpaired) electrons. The van der Waals surface area contributed by atoms with Crippen molar-refractivity contribution in [3.05, 3.63) is 28.3 Å². The van der Waals surface area contributed by atoms with Gasteiger partial charge in [0.15, 0.2) is 0 Å². The van der Waals surface area contributed by atoms with Crippen molar-refractivity contribution < 1.29 is 22.8 Å². The van der Waals surface area contributed by atoms with Crippen LogP contribution in [0.1, 0.15) is 6.42 Å². The topological polar surface area (TPSA) is 64.4 Å². The molecule has 0 fully saturated rings. The summed E-state index contributed by atoms with van der Waals surface area (Å²) in [5.41, 5.74) is -0.290. The first-order chi connectivity index (χ1) is 8.33. The Kier molecular flexibility index (Phi) is 4.35. The van der Waals surface area contributed by atoms with Crippen molar-refractivity contribution in [3.8, 4) is 5.75 Å². The number of nitrogens with zero attached hydrogens (tertiary/aromatic N) is 1. The zero-order valence-corrected chi connectivity index (χ0v) is 9.45. The summed E-state index contributed by atoms with van der Waals surface area (Å²) >= 11 is 0. The minimum atomic E-state index is -4.30. The highest BCUT2D eigenvalue weighted by molar-refractivity contribution is 5.63. The molecule has 0 atom stereocenters. The lowest BCUT2D eigenvalue weighted by molar-refractivity contribution is -0.384. The number of nitro groups is 1. The molecule has 0 amide bonds. The molecule has 1 aromatic carbocycles. The SMILES string of the molecule is COc1ccc(NCCC(F)(F)F)c([N+](=O)[O-])c1. The maximum absolute atomic E-state index is 11.9. The second-order valence-corrected chi connectivity index (χ2v) is 3.43. The highest BCUT2D eigenvalue weighted by Gasteiger charge is 2.26. The van der Waals surface area contributed by atoms with Crippen molar-refractivity contribution in [2.24, 2.45) is 0 Å². The maximum atomic E-state index is 11.9. The van der Waals surface area contributed by atoms with Gasteiger partial charge in [0.2, 0.25) is 0 Å². The van der Waals surface area contributed by atoms with Crippen LogP contribution in [0.3, 0.4) is 0 Å². The molecule has 0 saturated heterocycles. The Bertz CT molecular complexity index is 435. The van der Waals surface area contributed by atoms with E-state index in [4.69, 9.17) is 4.74 Å². The van der Waals surface area contributed by atoms with Gasteiger partial charge in [0.25, 0.3) is 5.69 Å². The van der Waals surface area contributed by atoms with Gasteiger partial charge in [-0.2, -0.15) is 13.2 Å². The number of hydrogen-bond acceptors (Lipinski definition) is 4. The van der Waals surface area contributed by atoms with Gasteiger partial charge in [-0.15, -0.1) is 0 Å². The average Bonchev–Trinajstić information content (AvgIpc) is 2.27. The third-order valence-electron chi connectivity index (χ3n) is 2.13. The monoisotopic (exact) mass is 264 g/mol. The predicted molar refractivity (Wildman–Crippen MR) is 58.8 cm³/mol. The van der Waals surface area contributed by atoms with Crippen LogP contribution in [0.15, 0.2) is 18.2 Å². The van der Waals surface area contributed by atoms with E-state index in [1.165, 1.54) is 19.2 Å². The van der Waals surface area contributed by atoms with Gasteiger partial charge in [-0.3, -0.25) is 10.1 Å². The molecule has 0 unspecified atom stereocenters. The fourth-order valence-electron chi connectivity index (χ4n) is 1.28. The summed E-state index contributed by atoms with van der Waals surface area (Å²) in [5, 5.41) is 13.1. The van der Waals surface area contributed by atoms with E-state index in [1.54, 1.807) is 0 Å². The molecule has 0 aliphatic carbocycles. The quantitative estimate of drug-likeness (QED) is 0.656. The largest absolute Gasteiger partial charge is 0.496 e. The first kappa shape index (κ1) is 14.1. The van der Waals surface area contributed by atoms with Crippen LogP contribution in [0.4, 0.5) is 24.5 Å². The molecule has 0 aliphatic rings. The summed E-state index contributed by atoms with van der Waals surface area (Å²) in [6.07, 6.45) is -5.36. The van der Waals surface area contributed by atoms with Crippen LogP contribution < -0.4 is 10.1 Å². The van der Waals surface area contributed by atoms with Gasteiger partial charge >= 0.3 is 6.18 Å². The molecule has 0 aliphatic heterocycles. The van der Waals surface area contributed by atoms with Crippen LogP contribution in [0.5, 0.6) is 5.75 Å². The molecule has 8 heteroatoms. The van der Waals surface area contributed by atoms with Crippen molar-refractivity contribution in [1.29, 1.82) is 0 Å². The summed E-state index contributed by atoms with van der Waals surface area (Å²) in [7, 11) is 1.34. The Labute approximate surface area is 101 Å². The van der Waals surface area contributed by atoms with Crippen molar-refractivity contribution in [1.82, 2.24) is 0 Å². The Morgan fingerprint density at radius 2 is 2.11 bits per heavy atom. The maximum Gasteiger partial charge on any atom is 0.390 e. The van der Waals surface area contributed by atoms with Gasteiger partial charge in [-0.05, 0) is 12.1 Å². The van der Waals surface area contributed by atoms with Gasteiger partial charge in [0.1, 0.15) is 11.4 Å². The molecular weight excluding hydrogens is 253 g/mol. The number of nitrogens with one attached hydrogen (secondary N) is 1. The Hall–Kier alpha value is -1.99. The molecular formula is C10H11F3N2O3. The summed E-state index contributed by atoms with van der Waals surface area (Å²) in [6.45, 7) is -0.420. The fourth-order valence-corrected chi connectivity index (χ4v) is 1.28. The fraction of sp³-hybridized carbons (Fsp3) is 0.400. The van der Waals surface area contributed by atoms with Gasteiger partial charge in [0, 0.05) is 6.54 Å². The number of alkyl halides is 3. The average molecular weight is 264 g/mol. The number of hydrogen-bond donors (Lipinski definition) is 1.